The molecule has 0 unspecified atom stereocenters. The summed E-state index contributed by atoms with van der Waals surface area (Å²) in [4.78, 5) is 25.4. The molecule has 1 radical (unpaired) electrons. The van der Waals surface area contributed by atoms with Crippen molar-refractivity contribution in [3.63, 3.8) is 0 Å². The van der Waals surface area contributed by atoms with Gasteiger partial charge in [0.2, 0.25) is 0 Å². The van der Waals surface area contributed by atoms with E-state index in [9.17, 15) is 9.59 Å². The fourth-order valence-electron chi connectivity index (χ4n) is 2.03. The number of carbonyl (C=O) groups excluding carboxylic acids is 2. The van der Waals surface area contributed by atoms with E-state index in [2.05, 4.69) is 13.1 Å². The van der Waals surface area contributed by atoms with Gasteiger partial charge in [0.05, 0.1) is 11.1 Å². The van der Waals surface area contributed by atoms with Gasteiger partial charge in [0.1, 0.15) is 0 Å². The average Bonchev–Trinajstić information content (AvgIpc) is 2.54. The van der Waals surface area contributed by atoms with Crippen molar-refractivity contribution in [2.24, 2.45) is 0 Å². The highest BCUT2D eigenvalue weighted by Gasteiger charge is 2.34. The van der Waals surface area contributed by atoms with E-state index < -0.39 is 0 Å². The fraction of sp³-hybridized carbons (Fsp3) is 0.385. The van der Waals surface area contributed by atoms with Crippen LogP contribution in [0.1, 0.15) is 27.1 Å². The second kappa shape index (κ2) is 4.83. The normalized spacial score (nSPS) is 14.6. The van der Waals surface area contributed by atoms with E-state index in [-0.39, 0.29) is 20.6 Å². The van der Waals surface area contributed by atoms with Crippen molar-refractivity contribution < 1.29 is 9.59 Å². The van der Waals surface area contributed by atoms with Gasteiger partial charge in [-0.1, -0.05) is 31.3 Å². The first-order valence-electron chi connectivity index (χ1n) is 5.85. The van der Waals surface area contributed by atoms with Crippen molar-refractivity contribution in [3.05, 3.63) is 35.4 Å². The lowest BCUT2D eigenvalue weighted by molar-refractivity contribution is 0.0654. The molecule has 1 aromatic rings. The zero-order valence-electron chi connectivity index (χ0n) is 10.2. The molecule has 1 aromatic carbocycles. The SMILES string of the molecule is C[Si](C)CCCN1C(=O)c2ccccc2C1=O. The molecule has 0 aromatic heterocycles. The van der Waals surface area contributed by atoms with E-state index >= 15 is 0 Å². The van der Waals surface area contributed by atoms with Crippen molar-refractivity contribution in [2.45, 2.75) is 25.6 Å². The van der Waals surface area contributed by atoms with E-state index in [4.69, 9.17) is 0 Å². The van der Waals surface area contributed by atoms with Crippen LogP contribution in [0.25, 0.3) is 0 Å². The predicted molar refractivity (Wildman–Crippen MR) is 68.7 cm³/mol. The molecule has 2 rings (SSSR count). The maximum atomic E-state index is 12.0. The number of rotatable bonds is 4. The van der Waals surface area contributed by atoms with Crippen LogP contribution in [0.2, 0.25) is 19.1 Å². The summed E-state index contributed by atoms with van der Waals surface area (Å²) in [5.74, 6) is -0.266. The molecule has 0 aliphatic carbocycles. The summed E-state index contributed by atoms with van der Waals surface area (Å²) in [7, 11) is -0.277. The summed E-state index contributed by atoms with van der Waals surface area (Å²) in [5, 5.41) is 0. The lowest BCUT2D eigenvalue weighted by atomic mass is 10.1. The monoisotopic (exact) mass is 246 g/mol. The third kappa shape index (κ3) is 2.31. The number of nitrogens with zero attached hydrogens (tertiary/aromatic N) is 1. The highest BCUT2D eigenvalue weighted by Crippen LogP contribution is 2.22. The minimum absolute atomic E-state index is 0.133. The summed E-state index contributed by atoms with van der Waals surface area (Å²) >= 11 is 0. The van der Waals surface area contributed by atoms with E-state index in [1.165, 1.54) is 4.90 Å². The first-order valence-corrected chi connectivity index (χ1v) is 8.56. The molecule has 89 valence electrons. The minimum atomic E-state index is -0.277. The van der Waals surface area contributed by atoms with Crippen LogP contribution in [0.5, 0.6) is 0 Å². The number of imide groups is 1. The zero-order valence-corrected chi connectivity index (χ0v) is 11.2. The maximum absolute atomic E-state index is 12.0. The minimum Gasteiger partial charge on any atom is -0.274 e. The number of benzene rings is 1. The standard InChI is InChI=1S/C13H16NO2Si/c1-17(2)9-5-8-14-12(15)10-6-3-4-7-11(10)13(14)16/h3-4,6-7H,5,8-9H2,1-2H3. The van der Waals surface area contributed by atoms with Crippen LogP contribution in [-0.4, -0.2) is 32.1 Å². The summed E-state index contributed by atoms with van der Waals surface area (Å²) in [6.07, 6.45) is 0.923. The highest BCUT2D eigenvalue weighted by atomic mass is 28.3. The van der Waals surface area contributed by atoms with E-state index in [0.717, 1.165) is 12.5 Å². The molecule has 1 aliphatic heterocycles. The number of amides is 2. The first kappa shape index (κ1) is 12.0. The molecule has 2 amide bonds. The van der Waals surface area contributed by atoms with Crippen molar-refractivity contribution in [2.75, 3.05) is 6.54 Å². The van der Waals surface area contributed by atoms with Crippen LogP contribution < -0.4 is 0 Å². The Kier molecular flexibility index (Phi) is 3.42. The summed E-state index contributed by atoms with van der Waals surface area (Å²) < 4.78 is 0. The third-order valence-electron chi connectivity index (χ3n) is 2.94. The van der Waals surface area contributed by atoms with Gasteiger partial charge in [0.25, 0.3) is 11.8 Å². The number of hydrogen-bond acceptors (Lipinski definition) is 2. The highest BCUT2D eigenvalue weighted by molar-refractivity contribution is 6.55. The first-order chi connectivity index (χ1) is 8.11. The van der Waals surface area contributed by atoms with Gasteiger partial charge in [-0.25, -0.2) is 0 Å². The topological polar surface area (TPSA) is 37.4 Å². The van der Waals surface area contributed by atoms with Gasteiger partial charge in [0, 0.05) is 15.3 Å². The van der Waals surface area contributed by atoms with E-state index in [0.29, 0.717) is 17.7 Å². The maximum Gasteiger partial charge on any atom is 0.261 e. The van der Waals surface area contributed by atoms with Crippen molar-refractivity contribution in [3.8, 4) is 0 Å². The summed E-state index contributed by atoms with van der Waals surface area (Å²) in [6, 6.07) is 8.19. The van der Waals surface area contributed by atoms with Gasteiger partial charge in [-0.2, -0.15) is 0 Å². The summed E-state index contributed by atoms with van der Waals surface area (Å²) in [5.41, 5.74) is 1.10. The van der Waals surface area contributed by atoms with Crippen LogP contribution in [-0.2, 0) is 0 Å². The second-order valence-corrected chi connectivity index (χ2v) is 7.53. The van der Waals surface area contributed by atoms with Crippen molar-refractivity contribution in [1.82, 2.24) is 4.90 Å². The molecule has 17 heavy (non-hydrogen) atoms. The van der Waals surface area contributed by atoms with Gasteiger partial charge in [0.15, 0.2) is 0 Å². The predicted octanol–water partition coefficient (Wildman–Crippen LogP) is 2.43. The molecule has 0 atom stereocenters. The largest absolute Gasteiger partial charge is 0.274 e. The fourth-order valence-corrected chi connectivity index (χ4v) is 2.90. The van der Waals surface area contributed by atoms with Crippen molar-refractivity contribution >= 4 is 20.6 Å². The Balaban J connectivity index is 2.08. The Morgan fingerprint density at radius 3 is 2.06 bits per heavy atom. The molecule has 0 saturated heterocycles. The van der Waals surface area contributed by atoms with Gasteiger partial charge < -0.3 is 0 Å². The molecule has 0 spiro atoms. The molecule has 0 saturated carbocycles. The Morgan fingerprint density at radius 2 is 1.59 bits per heavy atom. The lowest BCUT2D eigenvalue weighted by Crippen LogP contribution is -2.31. The van der Waals surface area contributed by atoms with Crippen LogP contribution in [0, 0.1) is 0 Å². The Morgan fingerprint density at radius 1 is 1.06 bits per heavy atom. The summed E-state index contributed by atoms with van der Waals surface area (Å²) in [6.45, 7) is 5.04. The number of carbonyl (C=O) groups is 2. The molecule has 1 heterocycles. The average molecular weight is 246 g/mol. The van der Waals surface area contributed by atoms with Gasteiger partial charge in [-0.15, -0.1) is 0 Å². The number of fused-ring (bicyclic) bond motifs is 1. The molecule has 3 nitrogen and oxygen atoms in total. The van der Waals surface area contributed by atoms with Crippen LogP contribution in [0.15, 0.2) is 24.3 Å². The lowest BCUT2D eigenvalue weighted by Gasteiger charge is -2.13. The smallest absolute Gasteiger partial charge is 0.261 e. The molecular weight excluding hydrogens is 230 g/mol. The van der Waals surface area contributed by atoms with E-state index in [1.54, 1.807) is 24.3 Å². The van der Waals surface area contributed by atoms with Crippen LogP contribution in [0.4, 0.5) is 0 Å². The molecule has 0 fully saturated rings. The van der Waals surface area contributed by atoms with Gasteiger partial charge in [-0.3, -0.25) is 14.5 Å². The quantitative estimate of drug-likeness (QED) is 0.604. The molecule has 0 bridgehead atoms. The van der Waals surface area contributed by atoms with Crippen LogP contribution >= 0.6 is 0 Å². The molecule has 4 heteroatoms. The van der Waals surface area contributed by atoms with Gasteiger partial charge in [-0.05, 0) is 18.6 Å². The van der Waals surface area contributed by atoms with Crippen molar-refractivity contribution in [1.29, 1.82) is 0 Å². The molecular formula is C13H16NO2Si. The van der Waals surface area contributed by atoms with Crippen LogP contribution in [0.3, 0.4) is 0 Å². The Hall–Kier alpha value is -1.42. The number of hydrogen-bond donors (Lipinski definition) is 0. The zero-order chi connectivity index (χ0) is 12.4. The third-order valence-corrected chi connectivity index (χ3v) is 4.29. The van der Waals surface area contributed by atoms with Gasteiger partial charge >= 0.3 is 0 Å². The molecule has 1 aliphatic rings. The molecule has 0 N–H and O–H groups in total. The Bertz CT molecular complexity index is 421. The second-order valence-electron chi connectivity index (χ2n) is 4.62. The Labute approximate surface area is 103 Å². The van der Waals surface area contributed by atoms with E-state index in [1.807, 2.05) is 0 Å².